The van der Waals surface area contributed by atoms with Gasteiger partial charge in [-0.1, -0.05) is 273 Å². The predicted octanol–water partition coefficient (Wildman–Crippen LogP) is 22.9. The van der Waals surface area contributed by atoms with Gasteiger partial charge in [0.25, 0.3) is 0 Å². The number of fused-ring (bicyclic) bond motifs is 6. The van der Waals surface area contributed by atoms with Crippen molar-refractivity contribution in [3.8, 4) is 112 Å². The number of para-hydroxylation sites is 4. The molecule has 0 unspecified atom stereocenters. The number of nitrogens with zero attached hydrogens (tertiary/aromatic N) is 2. The quantitative estimate of drug-likeness (QED) is 0.122. The van der Waals surface area contributed by atoms with Crippen molar-refractivity contribution in [2.24, 2.45) is 0 Å². The van der Waals surface area contributed by atoms with Crippen molar-refractivity contribution in [3.05, 3.63) is 340 Å². The van der Waals surface area contributed by atoms with E-state index in [0.717, 1.165) is 5.69 Å². The molecule has 2 aromatic heterocycles. The molecule has 0 spiro atoms. The third kappa shape index (κ3) is 9.09. The molecule has 0 atom stereocenters. The van der Waals surface area contributed by atoms with Gasteiger partial charge in [-0.3, -0.25) is 0 Å². The summed E-state index contributed by atoms with van der Waals surface area (Å²) in [5, 5.41) is 4.93. The average molecular weight is 1090 g/mol. The SMILES string of the molecule is c1ccc(-c2cccc(-c3ccc(-c4cccc(-c5cccc(-c6ccc(-c7ccc(-c8ccccc8-n8c9ccccc9c9cc(-c%10ccc%11c(c%10)c%10ccccc%10n%11-c%10ccccc%10-c%10ccccc%10)ccc98)cc7)cc6)c5)c4)cc3)c2)cc1. The zero-order valence-corrected chi connectivity index (χ0v) is 47.2. The highest BCUT2D eigenvalue weighted by Gasteiger charge is 2.20. The Hall–Kier alpha value is -11.3. The van der Waals surface area contributed by atoms with Crippen LogP contribution in [0.1, 0.15) is 0 Å². The van der Waals surface area contributed by atoms with Gasteiger partial charge in [-0.25, -0.2) is 0 Å². The van der Waals surface area contributed by atoms with Crippen molar-refractivity contribution in [1.82, 2.24) is 9.13 Å². The van der Waals surface area contributed by atoms with Crippen LogP contribution in [-0.4, -0.2) is 9.13 Å². The summed E-state index contributed by atoms with van der Waals surface area (Å²) in [4.78, 5) is 0. The summed E-state index contributed by atoms with van der Waals surface area (Å²) in [6.07, 6.45) is 0. The van der Waals surface area contributed by atoms with E-state index in [9.17, 15) is 0 Å². The molecule has 0 aliphatic heterocycles. The lowest BCUT2D eigenvalue weighted by Gasteiger charge is -2.15. The molecular formula is C84H56N2. The minimum atomic E-state index is 1.15. The minimum absolute atomic E-state index is 1.15. The molecule has 0 saturated carbocycles. The molecule has 2 heteroatoms. The van der Waals surface area contributed by atoms with Gasteiger partial charge in [0.1, 0.15) is 0 Å². The van der Waals surface area contributed by atoms with Crippen LogP contribution in [0.5, 0.6) is 0 Å². The van der Waals surface area contributed by atoms with Crippen LogP contribution in [-0.2, 0) is 0 Å². The minimum Gasteiger partial charge on any atom is -0.309 e. The van der Waals surface area contributed by atoms with Gasteiger partial charge in [-0.15, -0.1) is 0 Å². The second-order valence-corrected chi connectivity index (χ2v) is 22.4. The first kappa shape index (κ1) is 50.4. The zero-order valence-electron chi connectivity index (χ0n) is 47.2. The smallest absolute Gasteiger partial charge is 0.0541 e. The van der Waals surface area contributed by atoms with Crippen molar-refractivity contribution in [2.45, 2.75) is 0 Å². The summed E-state index contributed by atoms with van der Waals surface area (Å²) in [6.45, 7) is 0. The molecule has 86 heavy (non-hydrogen) atoms. The highest BCUT2D eigenvalue weighted by Crippen LogP contribution is 2.42. The number of benzene rings is 14. The van der Waals surface area contributed by atoms with E-state index >= 15 is 0 Å². The molecule has 402 valence electrons. The highest BCUT2D eigenvalue weighted by atomic mass is 15.0. The van der Waals surface area contributed by atoms with Gasteiger partial charge in [-0.2, -0.15) is 0 Å². The zero-order chi connectivity index (χ0) is 56.9. The fourth-order valence-electron chi connectivity index (χ4n) is 13.1. The summed E-state index contributed by atoms with van der Waals surface area (Å²) in [6, 6.07) is 124. The van der Waals surface area contributed by atoms with Crippen LogP contribution in [0.2, 0.25) is 0 Å². The van der Waals surface area contributed by atoms with E-state index < -0.39 is 0 Å². The van der Waals surface area contributed by atoms with Crippen LogP contribution < -0.4 is 0 Å². The molecule has 0 aliphatic carbocycles. The molecule has 0 fully saturated rings. The fourth-order valence-corrected chi connectivity index (χ4v) is 13.1. The third-order valence-corrected chi connectivity index (χ3v) is 17.4. The second kappa shape index (κ2) is 21.5. The molecular weight excluding hydrogens is 1040 g/mol. The van der Waals surface area contributed by atoms with E-state index in [1.807, 2.05) is 0 Å². The van der Waals surface area contributed by atoms with Crippen LogP contribution in [0.15, 0.2) is 340 Å². The maximum absolute atomic E-state index is 2.45. The van der Waals surface area contributed by atoms with Crippen molar-refractivity contribution < 1.29 is 0 Å². The first-order valence-electron chi connectivity index (χ1n) is 29.6. The van der Waals surface area contributed by atoms with E-state index in [1.165, 1.54) is 149 Å². The van der Waals surface area contributed by atoms with Crippen LogP contribution in [0.4, 0.5) is 0 Å². The number of aromatic nitrogens is 2. The molecule has 2 nitrogen and oxygen atoms in total. The summed E-state index contributed by atoms with van der Waals surface area (Å²) in [7, 11) is 0. The molecule has 0 saturated heterocycles. The van der Waals surface area contributed by atoms with Crippen molar-refractivity contribution in [3.63, 3.8) is 0 Å². The average Bonchev–Trinajstić information content (AvgIpc) is 2.27. The van der Waals surface area contributed by atoms with Gasteiger partial charge >= 0.3 is 0 Å². The standard InChI is InChI=1S/C84H56N2/c1-3-18-57(19-4-1)65-22-15-23-66(52-65)61-40-42-62(43-41-61)68-25-17-27-70(54-68)69-26-16-24-67(53-69)60-38-36-58(37-39-60)59-44-46-64(47-45-59)74-29-8-12-33-80(74)86-82-35-14-10-31-76(82)78-56-72(49-51-84(78)86)71-48-50-83-77(55-71)75-30-9-13-34-81(75)85(83)79-32-11-7-28-73(79)63-20-5-2-6-21-63/h1-56H. The van der Waals surface area contributed by atoms with Gasteiger partial charge < -0.3 is 9.13 Å². The van der Waals surface area contributed by atoms with Gasteiger partial charge in [0.15, 0.2) is 0 Å². The van der Waals surface area contributed by atoms with Gasteiger partial charge in [0, 0.05) is 32.7 Å². The Morgan fingerprint density at radius 1 is 0.140 bits per heavy atom. The first-order valence-corrected chi connectivity index (χ1v) is 29.6. The maximum Gasteiger partial charge on any atom is 0.0541 e. The Morgan fingerprint density at radius 2 is 0.384 bits per heavy atom. The van der Waals surface area contributed by atoms with E-state index in [2.05, 4.69) is 349 Å². The number of hydrogen-bond acceptors (Lipinski definition) is 0. The summed E-state index contributed by atoms with van der Waals surface area (Å²) in [5.74, 6) is 0. The van der Waals surface area contributed by atoms with E-state index in [1.54, 1.807) is 0 Å². The van der Waals surface area contributed by atoms with Crippen LogP contribution in [0.3, 0.4) is 0 Å². The Kier molecular flexibility index (Phi) is 12.6. The number of rotatable bonds is 11. The van der Waals surface area contributed by atoms with E-state index in [4.69, 9.17) is 0 Å². The van der Waals surface area contributed by atoms with Crippen LogP contribution in [0, 0.1) is 0 Å². The normalized spacial score (nSPS) is 11.5. The van der Waals surface area contributed by atoms with Gasteiger partial charge in [-0.05, 0) is 156 Å². The molecule has 0 amide bonds. The van der Waals surface area contributed by atoms with E-state index in [-0.39, 0.29) is 0 Å². The lowest BCUT2D eigenvalue weighted by molar-refractivity contribution is 1.18. The summed E-state index contributed by atoms with van der Waals surface area (Å²) in [5.41, 5.74) is 28.6. The monoisotopic (exact) mass is 1090 g/mol. The Bertz CT molecular complexity index is 5180. The molecule has 0 bridgehead atoms. The van der Waals surface area contributed by atoms with Crippen molar-refractivity contribution in [1.29, 1.82) is 0 Å². The van der Waals surface area contributed by atoms with Gasteiger partial charge in [0.05, 0.1) is 33.4 Å². The molecule has 16 rings (SSSR count). The third-order valence-electron chi connectivity index (χ3n) is 17.4. The maximum atomic E-state index is 2.45. The van der Waals surface area contributed by atoms with Gasteiger partial charge in [0.2, 0.25) is 0 Å². The van der Waals surface area contributed by atoms with E-state index in [0.29, 0.717) is 0 Å². The molecule has 2 heterocycles. The van der Waals surface area contributed by atoms with Crippen LogP contribution >= 0.6 is 0 Å². The first-order chi connectivity index (χ1) is 42.6. The second-order valence-electron chi connectivity index (χ2n) is 22.4. The topological polar surface area (TPSA) is 9.86 Å². The lowest BCUT2D eigenvalue weighted by Crippen LogP contribution is -1.97. The summed E-state index contributed by atoms with van der Waals surface area (Å²) >= 11 is 0. The Balaban J connectivity index is 0.662. The Labute approximate surface area is 501 Å². The molecule has 0 N–H and O–H groups in total. The molecule has 0 radical (unpaired) electrons. The number of hydrogen-bond donors (Lipinski definition) is 0. The highest BCUT2D eigenvalue weighted by molar-refractivity contribution is 6.13. The fraction of sp³-hybridized carbons (Fsp3) is 0. The molecule has 14 aromatic carbocycles. The largest absolute Gasteiger partial charge is 0.309 e. The molecule has 16 aromatic rings. The lowest BCUT2D eigenvalue weighted by atomic mass is 9.94. The molecule has 0 aliphatic rings. The summed E-state index contributed by atoms with van der Waals surface area (Å²) < 4.78 is 4.89. The van der Waals surface area contributed by atoms with Crippen molar-refractivity contribution >= 4 is 43.6 Å². The Morgan fingerprint density at radius 3 is 0.791 bits per heavy atom. The van der Waals surface area contributed by atoms with Crippen LogP contribution in [0.25, 0.3) is 155 Å². The van der Waals surface area contributed by atoms with Crippen molar-refractivity contribution in [2.75, 3.05) is 0 Å². The predicted molar refractivity (Wildman–Crippen MR) is 364 cm³/mol.